The third-order valence-electron chi connectivity index (χ3n) is 4.92. The van der Waals surface area contributed by atoms with Gasteiger partial charge in [0, 0.05) is 10.1 Å². The van der Waals surface area contributed by atoms with E-state index in [0.717, 1.165) is 0 Å². The molecule has 0 spiro atoms. The number of anilines is 1. The fourth-order valence-electron chi connectivity index (χ4n) is 3.50. The topological polar surface area (TPSA) is 126 Å². The molecule has 2 saturated heterocycles. The summed E-state index contributed by atoms with van der Waals surface area (Å²) in [6.07, 6.45) is 2.46. The number of aliphatic carboxylic acids is 1. The number of hydrogen-bond donors (Lipinski definition) is 3. The Kier molecular flexibility index (Phi) is 5.46. The first-order valence-electron chi connectivity index (χ1n) is 9.27. The Bertz CT molecular complexity index is 887. The number of carbonyl (C=O) groups excluding carboxylic acids is 2. The number of nitrogen functional groups attached to an aromatic ring is 1. The maximum atomic E-state index is 13.0. The summed E-state index contributed by atoms with van der Waals surface area (Å²) in [5, 5.41) is 14.0. The average Bonchev–Trinajstić information content (AvgIpc) is 3.10. The summed E-state index contributed by atoms with van der Waals surface area (Å²) in [4.78, 5) is 42.9. The van der Waals surface area contributed by atoms with Gasteiger partial charge < -0.3 is 21.1 Å². The third-order valence-corrected chi connectivity index (χ3v) is 7.17. The van der Waals surface area contributed by atoms with E-state index >= 15 is 0 Å². The number of hydrogen-bond acceptors (Lipinski definition) is 7. The van der Waals surface area contributed by atoms with E-state index in [9.17, 15) is 19.5 Å². The first-order valence-corrected chi connectivity index (χ1v) is 11.0. The minimum absolute atomic E-state index is 0.0315. The second-order valence-corrected chi connectivity index (χ2v) is 11.7. The van der Waals surface area contributed by atoms with Gasteiger partial charge in [-0.2, -0.15) is 0 Å². The molecule has 2 amide bonds. The molecule has 2 fully saturated rings. The summed E-state index contributed by atoms with van der Waals surface area (Å²) in [5.41, 5.74) is 6.54. The molecule has 0 aliphatic carbocycles. The van der Waals surface area contributed by atoms with Crippen LogP contribution in [0.2, 0.25) is 0 Å². The Morgan fingerprint density at radius 2 is 2.07 bits per heavy atom. The molecule has 158 valence electrons. The minimum atomic E-state index is -1.04. The number of allylic oxidation sites excluding steroid dienone is 1. The van der Waals surface area contributed by atoms with E-state index in [0.29, 0.717) is 22.8 Å². The predicted octanol–water partition coefficient (Wildman–Crippen LogP) is 2.18. The van der Waals surface area contributed by atoms with Crippen LogP contribution in [-0.2, 0) is 14.4 Å². The van der Waals surface area contributed by atoms with E-state index in [2.05, 4.69) is 31.1 Å². The number of carboxylic acid groups (broad SMARTS) is 1. The number of nitrogens with two attached hydrogens (primary N) is 1. The molecule has 3 heterocycles. The van der Waals surface area contributed by atoms with Gasteiger partial charge >= 0.3 is 5.97 Å². The predicted molar refractivity (Wildman–Crippen MR) is 114 cm³/mol. The van der Waals surface area contributed by atoms with Gasteiger partial charge in [0.2, 0.25) is 5.91 Å². The fraction of sp³-hybridized carbons (Fsp3) is 0.579. The summed E-state index contributed by atoms with van der Waals surface area (Å²) in [6.45, 7) is 9.78. The highest BCUT2D eigenvalue weighted by Crippen LogP contribution is 2.50. The lowest BCUT2D eigenvalue weighted by atomic mass is 9.90. The third kappa shape index (κ3) is 4.13. The van der Waals surface area contributed by atoms with Crippen LogP contribution in [0, 0.1) is 5.41 Å². The Labute approximate surface area is 177 Å². The van der Waals surface area contributed by atoms with Gasteiger partial charge in [-0.05, 0) is 25.7 Å². The highest BCUT2D eigenvalue weighted by atomic mass is 32.2. The lowest BCUT2D eigenvalue weighted by molar-refractivity contribution is -0.160. The van der Waals surface area contributed by atoms with Gasteiger partial charge in [-0.3, -0.25) is 9.59 Å². The molecule has 0 unspecified atom stereocenters. The van der Waals surface area contributed by atoms with Crippen molar-refractivity contribution < 1.29 is 19.5 Å². The fourth-order valence-corrected chi connectivity index (χ4v) is 5.69. The minimum Gasteiger partial charge on any atom is -0.480 e. The summed E-state index contributed by atoms with van der Waals surface area (Å²) in [6, 6.07) is -1.67. The van der Waals surface area contributed by atoms with Crippen LogP contribution in [0.5, 0.6) is 0 Å². The summed E-state index contributed by atoms with van der Waals surface area (Å²) in [5.74, 6) is -1.82. The zero-order chi connectivity index (χ0) is 21.7. The Morgan fingerprint density at radius 3 is 2.59 bits per heavy atom. The van der Waals surface area contributed by atoms with Crippen LogP contribution in [0.15, 0.2) is 11.5 Å². The number of amides is 2. The van der Waals surface area contributed by atoms with Gasteiger partial charge in [-0.15, -0.1) is 23.1 Å². The molecular weight excluding hydrogens is 412 g/mol. The maximum Gasteiger partial charge on any atom is 0.327 e. The first-order chi connectivity index (χ1) is 13.3. The molecule has 29 heavy (non-hydrogen) atoms. The largest absolute Gasteiger partial charge is 0.480 e. The molecule has 8 nitrogen and oxygen atoms in total. The highest BCUT2D eigenvalue weighted by molar-refractivity contribution is 8.01. The van der Waals surface area contributed by atoms with Crippen LogP contribution in [0.3, 0.4) is 0 Å². The smallest absolute Gasteiger partial charge is 0.327 e. The number of aromatic nitrogens is 1. The van der Waals surface area contributed by atoms with Crippen LogP contribution < -0.4 is 11.1 Å². The number of thiazole rings is 1. The molecule has 2 aliphatic rings. The molecule has 1 aromatic heterocycles. The van der Waals surface area contributed by atoms with Gasteiger partial charge in [0.05, 0.1) is 11.3 Å². The van der Waals surface area contributed by atoms with Crippen molar-refractivity contribution in [2.24, 2.45) is 5.41 Å². The van der Waals surface area contributed by atoms with E-state index in [-0.39, 0.29) is 11.3 Å². The van der Waals surface area contributed by atoms with Crippen LogP contribution in [-0.4, -0.2) is 55.0 Å². The average molecular weight is 439 g/mol. The summed E-state index contributed by atoms with van der Waals surface area (Å²) < 4.78 is -0.639. The lowest BCUT2D eigenvalue weighted by Gasteiger charge is -2.43. The van der Waals surface area contributed by atoms with Crippen LogP contribution in [0.25, 0.3) is 5.57 Å². The van der Waals surface area contributed by atoms with Gasteiger partial charge in [0.15, 0.2) is 5.13 Å². The van der Waals surface area contributed by atoms with Crippen LogP contribution >= 0.6 is 23.1 Å². The molecule has 10 heteroatoms. The molecule has 0 saturated carbocycles. The van der Waals surface area contributed by atoms with E-state index in [1.807, 2.05) is 6.08 Å². The number of nitrogens with zero attached hydrogens (tertiary/aromatic N) is 2. The molecule has 3 atom stereocenters. The molecule has 4 N–H and O–H groups in total. The Morgan fingerprint density at radius 1 is 1.41 bits per heavy atom. The van der Waals surface area contributed by atoms with E-state index in [4.69, 9.17) is 5.73 Å². The zero-order valence-corrected chi connectivity index (χ0v) is 18.7. The molecule has 0 radical (unpaired) electrons. The maximum absolute atomic E-state index is 13.0. The number of nitrogens with one attached hydrogen (secondary N) is 1. The van der Waals surface area contributed by atoms with Crippen molar-refractivity contribution in [2.75, 3.05) is 5.73 Å². The number of rotatable bonds is 5. The van der Waals surface area contributed by atoms with Crippen molar-refractivity contribution in [2.45, 2.75) is 63.2 Å². The monoisotopic (exact) mass is 438 g/mol. The van der Waals surface area contributed by atoms with E-state index in [1.165, 1.54) is 28.0 Å². The molecular formula is C19H26N4O4S2. The standard InChI is InChI=1S/C19H26N4O4S2/c1-18(2,3)7-6-9(10-8-28-17(20)21-10)13(24)22-11-14(25)23-12(16(26)27)19(4,5)29-15(11)23/h6,8,11-12,15H,7H2,1-5H3,(H2,20,21)(H,22,24)(H,26,27)/b9-6-/t11-,12+,15-/m1/s1. The van der Waals surface area contributed by atoms with Gasteiger partial charge in [0.25, 0.3) is 5.91 Å². The lowest BCUT2D eigenvalue weighted by Crippen LogP contribution is -2.70. The summed E-state index contributed by atoms with van der Waals surface area (Å²) in [7, 11) is 0. The zero-order valence-electron chi connectivity index (χ0n) is 17.1. The second kappa shape index (κ2) is 7.32. The number of carboxylic acids is 1. The van der Waals surface area contributed by atoms with Crippen molar-refractivity contribution in [3.63, 3.8) is 0 Å². The molecule has 0 bridgehead atoms. The van der Waals surface area contributed by atoms with Gasteiger partial charge in [-0.1, -0.05) is 26.8 Å². The van der Waals surface area contributed by atoms with E-state index in [1.54, 1.807) is 19.2 Å². The molecule has 0 aromatic carbocycles. The first kappa shape index (κ1) is 21.6. The Hall–Kier alpha value is -2.07. The van der Waals surface area contributed by atoms with Crippen molar-refractivity contribution in [3.05, 3.63) is 17.2 Å². The van der Waals surface area contributed by atoms with E-state index < -0.39 is 34.1 Å². The van der Waals surface area contributed by atoms with Gasteiger partial charge in [-0.25, -0.2) is 9.78 Å². The molecule has 1 aromatic rings. The summed E-state index contributed by atoms with van der Waals surface area (Å²) >= 11 is 2.64. The second-order valence-electron chi connectivity index (χ2n) is 9.00. The van der Waals surface area contributed by atoms with Gasteiger partial charge in [0.1, 0.15) is 17.5 Å². The number of carbonyl (C=O) groups is 3. The SMILES string of the molecule is CC(C)(C)C/C=C(\C(=O)N[C@@H]1C(=O)N2[C@@H]1SC(C)(C)[C@@H]2C(=O)O)c1csc(N)n1. The highest BCUT2D eigenvalue weighted by Gasteiger charge is 2.64. The quantitative estimate of drug-likeness (QED) is 0.475. The van der Waals surface area contributed by atoms with Crippen molar-refractivity contribution in [3.8, 4) is 0 Å². The normalized spacial score (nSPS) is 26.1. The number of fused-ring (bicyclic) bond motifs is 1. The molecule has 3 rings (SSSR count). The number of β-lactam (4-membered cyclic amide) rings is 1. The molecule has 2 aliphatic heterocycles. The van der Waals surface area contributed by atoms with Crippen LogP contribution in [0.4, 0.5) is 5.13 Å². The Balaban J connectivity index is 1.81. The van der Waals surface area contributed by atoms with Crippen molar-refractivity contribution in [1.82, 2.24) is 15.2 Å². The van der Waals surface area contributed by atoms with Crippen LogP contribution in [0.1, 0.15) is 46.7 Å². The van der Waals surface area contributed by atoms with Crippen molar-refractivity contribution in [1.29, 1.82) is 0 Å². The van der Waals surface area contributed by atoms with Crippen molar-refractivity contribution >= 4 is 51.6 Å². The number of thioether (sulfide) groups is 1.